The average molecular weight is 177 g/mol. The fraction of sp³-hybridized carbons (Fsp3) is 1.00. The smallest absolute Gasteiger partial charge is 0.0897 e. The molecule has 4 nitrogen and oxygen atoms in total. The van der Waals surface area contributed by atoms with Gasteiger partial charge in [-0.25, -0.2) is 0 Å². The molecule has 0 aromatic heterocycles. The molecule has 0 amide bonds. The highest BCUT2D eigenvalue weighted by atomic mass is 16.5. The van der Waals surface area contributed by atoms with Gasteiger partial charge in [0.15, 0.2) is 0 Å². The number of aliphatic hydroxyl groups excluding tert-OH is 2. The maximum Gasteiger partial charge on any atom is 0.0897 e. The predicted molar refractivity (Wildman–Crippen MR) is 47.1 cm³/mol. The Bertz CT molecular complexity index is 98.3. The largest absolute Gasteiger partial charge is 0.393 e. The number of nitrogens with one attached hydrogen (secondary N) is 1. The molecule has 0 bridgehead atoms. The molecule has 0 rings (SSSR count). The Labute approximate surface area is 73.5 Å². The minimum Gasteiger partial charge on any atom is -0.393 e. The summed E-state index contributed by atoms with van der Waals surface area (Å²) in [6, 6.07) is 0. The highest BCUT2D eigenvalue weighted by molar-refractivity contribution is 4.59. The zero-order chi connectivity index (χ0) is 9.40. The number of methoxy groups -OCH3 is 1. The van der Waals surface area contributed by atoms with E-state index in [1.165, 1.54) is 0 Å². The van der Waals surface area contributed by atoms with Crippen molar-refractivity contribution in [3.05, 3.63) is 0 Å². The first kappa shape index (κ1) is 11.8. The highest BCUT2D eigenvalue weighted by Crippen LogP contribution is 1.86. The fourth-order valence-corrected chi connectivity index (χ4v) is 0.831. The molecule has 0 saturated heterocycles. The molecule has 0 aliphatic heterocycles. The van der Waals surface area contributed by atoms with Gasteiger partial charge >= 0.3 is 0 Å². The summed E-state index contributed by atoms with van der Waals surface area (Å²) in [5.74, 6) is 0. The molecular formula is C8H19NO3. The maximum atomic E-state index is 9.16. The van der Waals surface area contributed by atoms with Crippen molar-refractivity contribution >= 4 is 0 Å². The summed E-state index contributed by atoms with van der Waals surface area (Å²) in [7, 11) is 1.55. The molecular weight excluding hydrogens is 158 g/mol. The molecule has 0 radical (unpaired) electrons. The second-order valence-corrected chi connectivity index (χ2v) is 2.95. The number of aliphatic hydroxyl groups is 2. The lowest BCUT2D eigenvalue weighted by Gasteiger charge is -2.10. The molecule has 0 fully saturated rings. The van der Waals surface area contributed by atoms with Gasteiger partial charge in [-0.3, -0.25) is 0 Å². The summed E-state index contributed by atoms with van der Waals surface area (Å²) in [5, 5.41) is 21.1. The molecule has 0 aromatic rings. The van der Waals surface area contributed by atoms with Gasteiger partial charge in [0.2, 0.25) is 0 Å². The number of ether oxygens (including phenoxy) is 1. The third kappa shape index (κ3) is 7.94. The molecule has 0 heterocycles. The molecule has 2 atom stereocenters. The Morgan fingerprint density at radius 3 is 2.58 bits per heavy atom. The fourth-order valence-electron chi connectivity index (χ4n) is 0.831. The van der Waals surface area contributed by atoms with E-state index in [9.17, 15) is 0 Å². The predicted octanol–water partition coefficient (Wildman–Crippen LogP) is -0.646. The van der Waals surface area contributed by atoms with Crippen LogP contribution in [-0.4, -0.2) is 49.2 Å². The van der Waals surface area contributed by atoms with E-state index in [1.54, 1.807) is 14.0 Å². The molecule has 0 aliphatic carbocycles. The molecule has 0 saturated carbocycles. The molecule has 12 heavy (non-hydrogen) atoms. The van der Waals surface area contributed by atoms with Crippen molar-refractivity contribution in [1.29, 1.82) is 0 Å². The maximum absolute atomic E-state index is 9.16. The van der Waals surface area contributed by atoms with E-state index in [-0.39, 0.29) is 6.10 Å². The van der Waals surface area contributed by atoms with Gasteiger partial charge in [0.1, 0.15) is 0 Å². The minimum absolute atomic E-state index is 0.280. The summed E-state index contributed by atoms with van der Waals surface area (Å²) < 4.78 is 4.74. The molecule has 0 spiro atoms. The van der Waals surface area contributed by atoms with E-state index in [4.69, 9.17) is 14.9 Å². The van der Waals surface area contributed by atoms with Crippen LogP contribution < -0.4 is 5.32 Å². The van der Waals surface area contributed by atoms with Crippen molar-refractivity contribution in [3.63, 3.8) is 0 Å². The number of hydrogen-bond donors (Lipinski definition) is 3. The van der Waals surface area contributed by atoms with Crippen molar-refractivity contribution < 1.29 is 14.9 Å². The zero-order valence-electron chi connectivity index (χ0n) is 7.79. The van der Waals surface area contributed by atoms with Crippen molar-refractivity contribution in [3.8, 4) is 0 Å². The second kappa shape index (κ2) is 7.49. The summed E-state index contributed by atoms with van der Waals surface area (Å²) in [4.78, 5) is 0. The van der Waals surface area contributed by atoms with Crippen LogP contribution in [0.4, 0.5) is 0 Å². The monoisotopic (exact) mass is 177 g/mol. The zero-order valence-corrected chi connectivity index (χ0v) is 7.79. The molecule has 2 unspecified atom stereocenters. The van der Waals surface area contributed by atoms with Crippen LogP contribution in [0.1, 0.15) is 13.3 Å². The lowest BCUT2D eigenvalue weighted by molar-refractivity contribution is 0.0639. The quantitative estimate of drug-likeness (QED) is 0.452. The van der Waals surface area contributed by atoms with E-state index in [2.05, 4.69) is 5.32 Å². The Hall–Kier alpha value is -0.160. The van der Waals surface area contributed by atoms with Gasteiger partial charge in [0.25, 0.3) is 0 Å². The van der Waals surface area contributed by atoms with Gasteiger partial charge in [-0.1, -0.05) is 0 Å². The standard InChI is InChI=1S/C8H19NO3/c1-7(10)3-4-9-5-8(11)6-12-2/h7-11H,3-6H2,1-2H3. The van der Waals surface area contributed by atoms with Gasteiger partial charge in [0, 0.05) is 13.7 Å². The lowest BCUT2D eigenvalue weighted by Crippen LogP contribution is -2.31. The van der Waals surface area contributed by atoms with Gasteiger partial charge in [-0.05, 0) is 19.9 Å². The normalized spacial score (nSPS) is 16.0. The molecule has 3 N–H and O–H groups in total. The summed E-state index contributed by atoms with van der Waals surface area (Å²) >= 11 is 0. The van der Waals surface area contributed by atoms with Gasteiger partial charge in [-0.15, -0.1) is 0 Å². The van der Waals surface area contributed by atoms with Gasteiger partial charge < -0.3 is 20.3 Å². The third-order valence-electron chi connectivity index (χ3n) is 1.48. The SMILES string of the molecule is COCC(O)CNCCC(C)O. The first-order valence-corrected chi connectivity index (χ1v) is 4.22. The van der Waals surface area contributed by atoms with E-state index < -0.39 is 6.10 Å². The van der Waals surface area contributed by atoms with Crippen LogP contribution in [0.2, 0.25) is 0 Å². The van der Waals surface area contributed by atoms with Crippen LogP contribution in [-0.2, 0) is 4.74 Å². The van der Waals surface area contributed by atoms with Crippen molar-refractivity contribution in [1.82, 2.24) is 5.32 Å². The van der Waals surface area contributed by atoms with Gasteiger partial charge in [-0.2, -0.15) is 0 Å². The highest BCUT2D eigenvalue weighted by Gasteiger charge is 2.02. The molecule has 0 aromatic carbocycles. The van der Waals surface area contributed by atoms with Crippen LogP contribution >= 0.6 is 0 Å². The van der Waals surface area contributed by atoms with E-state index in [1.807, 2.05) is 0 Å². The summed E-state index contributed by atoms with van der Waals surface area (Å²) in [6.45, 7) is 3.33. The molecule has 4 heteroatoms. The van der Waals surface area contributed by atoms with Crippen LogP contribution in [0.3, 0.4) is 0 Å². The van der Waals surface area contributed by atoms with Gasteiger partial charge in [0.05, 0.1) is 18.8 Å². The van der Waals surface area contributed by atoms with Crippen LogP contribution in [0.15, 0.2) is 0 Å². The second-order valence-electron chi connectivity index (χ2n) is 2.95. The summed E-state index contributed by atoms with van der Waals surface area (Å²) in [6.07, 6.45) is -0.0271. The molecule has 0 aliphatic rings. The van der Waals surface area contributed by atoms with Crippen LogP contribution in [0.25, 0.3) is 0 Å². The van der Waals surface area contributed by atoms with Crippen molar-refractivity contribution in [2.75, 3.05) is 26.8 Å². The minimum atomic E-state index is -0.455. The lowest BCUT2D eigenvalue weighted by atomic mass is 10.3. The topological polar surface area (TPSA) is 61.7 Å². The van der Waals surface area contributed by atoms with Crippen molar-refractivity contribution in [2.24, 2.45) is 0 Å². The van der Waals surface area contributed by atoms with Crippen molar-refractivity contribution in [2.45, 2.75) is 25.6 Å². The number of rotatable bonds is 7. The first-order valence-electron chi connectivity index (χ1n) is 4.22. The number of hydrogen-bond acceptors (Lipinski definition) is 4. The Morgan fingerprint density at radius 2 is 2.08 bits per heavy atom. The Morgan fingerprint density at radius 1 is 1.42 bits per heavy atom. The molecule has 74 valence electrons. The summed E-state index contributed by atoms with van der Waals surface area (Å²) in [5.41, 5.74) is 0. The Balaban J connectivity index is 3.08. The average Bonchev–Trinajstić information content (AvgIpc) is 1.98. The van der Waals surface area contributed by atoms with Crippen LogP contribution in [0, 0.1) is 0 Å². The van der Waals surface area contributed by atoms with E-state index in [0.717, 1.165) is 6.54 Å². The van der Waals surface area contributed by atoms with E-state index in [0.29, 0.717) is 19.6 Å². The Kier molecular flexibility index (Phi) is 7.39. The van der Waals surface area contributed by atoms with Crippen LogP contribution in [0.5, 0.6) is 0 Å². The third-order valence-corrected chi connectivity index (χ3v) is 1.48. The first-order chi connectivity index (χ1) is 5.66. The van der Waals surface area contributed by atoms with E-state index >= 15 is 0 Å².